The average Bonchev–Trinajstić information content (AvgIpc) is 3.00. The maximum absolute atomic E-state index is 11.1. The minimum absolute atomic E-state index is 0.410. The molecule has 5 heteroatoms. The van der Waals surface area contributed by atoms with Crippen molar-refractivity contribution in [2.75, 3.05) is 26.8 Å². The highest BCUT2D eigenvalue weighted by Crippen LogP contribution is 2.29. The normalized spacial score (nSPS) is 18.1. The van der Waals surface area contributed by atoms with Crippen LogP contribution in [0.5, 0.6) is 0 Å². The Balaban J connectivity index is 2.52. The van der Waals surface area contributed by atoms with E-state index >= 15 is 0 Å². The number of methoxy groups -OCH3 is 1. The van der Waals surface area contributed by atoms with Crippen molar-refractivity contribution in [3.05, 3.63) is 0 Å². The zero-order valence-corrected chi connectivity index (χ0v) is 9.19. The van der Waals surface area contributed by atoms with E-state index in [0.29, 0.717) is 32.2 Å². The number of hydrogen-bond acceptors (Lipinski definition) is 4. The molecule has 0 aromatic rings. The van der Waals surface area contributed by atoms with Crippen molar-refractivity contribution in [1.29, 1.82) is 0 Å². The van der Waals surface area contributed by atoms with Crippen LogP contribution in [-0.2, 0) is 9.53 Å². The molecule has 0 bridgehead atoms. The number of carbonyl (C=O) groups is 1. The molecule has 0 heterocycles. The summed E-state index contributed by atoms with van der Waals surface area (Å²) in [6.07, 6.45) is 2.70. The molecular formula is C10H20N2O3. The molecule has 1 saturated carbocycles. The summed E-state index contributed by atoms with van der Waals surface area (Å²) >= 11 is 0. The summed E-state index contributed by atoms with van der Waals surface area (Å²) < 4.78 is 4.99. The van der Waals surface area contributed by atoms with E-state index in [0.717, 1.165) is 12.8 Å². The van der Waals surface area contributed by atoms with Gasteiger partial charge in [0, 0.05) is 19.7 Å². The highest BCUT2D eigenvalue weighted by molar-refractivity contribution is 5.73. The van der Waals surface area contributed by atoms with E-state index in [1.54, 1.807) is 7.11 Å². The first kappa shape index (κ1) is 12.4. The van der Waals surface area contributed by atoms with E-state index in [2.05, 4.69) is 0 Å². The first-order chi connectivity index (χ1) is 7.20. The number of nitrogens with two attached hydrogens (primary N) is 1. The lowest BCUT2D eigenvalue weighted by atomic mass is 10.1. The van der Waals surface area contributed by atoms with Gasteiger partial charge in [-0.05, 0) is 25.8 Å². The molecule has 1 rings (SSSR count). The van der Waals surface area contributed by atoms with Gasteiger partial charge in [0.25, 0.3) is 0 Å². The monoisotopic (exact) mass is 216 g/mol. The third-order valence-corrected chi connectivity index (χ3v) is 2.69. The van der Waals surface area contributed by atoms with Crippen LogP contribution >= 0.6 is 0 Å². The van der Waals surface area contributed by atoms with Gasteiger partial charge in [0.05, 0.1) is 6.61 Å². The highest BCUT2D eigenvalue weighted by Gasteiger charge is 2.36. The van der Waals surface area contributed by atoms with Gasteiger partial charge in [-0.15, -0.1) is 0 Å². The minimum atomic E-state index is -0.775. The summed E-state index contributed by atoms with van der Waals surface area (Å²) in [5, 5.41) is 9.11. The first-order valence-corrected chi connectivity index (χ1v) is 5.38. The summed E-state index contributed by atoms with van der Waals surface area (Å²) in [7, 11) is 1.63. The number of ether oxygens (including phenoxy) is 1. The van der Waals surface area contributed by atoms with Gasteiger partial charge in [-0.1, -0.05) is 0 Å². The third-order valence-electron chi connectivity index (χ3n) is 2.69. The third kappa shape index (κ3) is 3.77. The number of hydrogen-bond donors (Lipinski definition) is 2. The number of nitrogens with zero attached hydrogens (tertiary/aromatic N) is 1. The second kappa shape index (κ2) is 6.05. The summed E-state index contributed by atoms with van der Waals surface area (Å²) in [5.41, 5.74) is 5.43. The molecule has 0 aliphatic heterocycles. The quantitative estimate of drug-likeness (QED) is 0.592. The van der Waals surface area contributed by atoms with Crippen molar-refractivity contribution in [2.45, 2.75) is 31.3 Å². The largest absolute Gasteiger partial charge is 0.480 e. The van der Waals surface area contributed by atoms with Gasteiger partial charge < -0.3 is 15.6 Å². The molecule has 1 aliphatic carbocycles. The maximum Gasteiger partial charge on any atom is 0.320 e. The van der Waals surface area contributed by atoms with Gasteiger partial charge in [0.2, 0.25) is 0 Å². The Kier molecular flexibility index (Phi) is 5.01. The van der Waals surface area contributed by atoms with Crippen molar-refractivity contribution in [3.63, 3.8) is 0 Å². The van der Waals surface area contributed by atoms with Crippen molar-refractivity contribution in [1.82, 2.24) is 4.90 Å². The van der Waals surface area contributed by atoms with E-state index in [1.165, 1.54) is 0 Å². The lowest BCUT2D eigenvalue weighted by Crippen LogP contribution is -2.45. The van der Waals surface area contributed by atoms with Crippen LogP contribution in [0.3, 0.4) is 0 Å². The lowest BCUT2D eigenvalue weighted by molar-refractivity contribution is -0.144. The zero-order valence-electron chi connectivity index (χ0n) is 9.19. The molecule has 0 spiro atoms. The summed E-state index contributed by atoms with van der Waals surface area (Å²) in [6, 6.07) is -0.0227. The van der Waals surface area contributed by atoms with E-state index in [4.69, 9.17) is 15.6 Å². The fraction of sp³-hybridized carbons (Fsp3) is 0.900. The first-order valence-electron chi connectivity index (χ1n) is 5.38. The van der Waals surface area contributed by atoms with Crippen molar-refractivity contribution < 1.29 is 14.6 Å². The van der Waals surface area contributed by atoms with Crippen LogP contribution in [0.2, 0.25) is 0 Å². The van der Waals surface area contributed by atoms with Crippen molar-refractivity contribution >= 4 is 5.97 Å². The fourth-order valence-corrected chi connectivity index (χ4v) is 1.78. The number of carboxylic acid groups (broad SMARTS) is 1. The number of carboxylic acids is 1. The molecule has 0 aromatic carbocycles. The van der Waals surface area contributed by atoms with Gasteiger partial charge >= 0.3 is 5.97 Å². The number of rotatable bonds is 8. The van der Waals surface area contributed by atoms with Crippen LogP contribution in [0.15, 0.2) is 0 Å². The Labute approximate surface area is 90.2 Å². The summed E-state index contributed by atoms with van der Waals surface area (Å²) in [5.74, 6) is -0.775. The predicted octanol–water partition coefficient (Wildman–Crippen LogP) is -0.101. The topological polar surface area (TPSA) is 75.8 Å². The fourth-order valence-electron chi connectivity index (χ4n) is 1.78. The second-order valence-corrected chi connectivity index (χ2v) is 3.89. The maximum atomic E-state index is 11.1. The zero-order chi connectivity index (χ0) is 11.3. The molecule has 15 heavy (non-hydrogen) atoms. The summed E-state index contributed by atoms with van der Waals surface area (Å²) in [6.45, 7) is 1.66. The predicted molar refractivity (Wildman–Crippen MR) is 56.7 cm³/mol. The molecule has 1 fully saturated rings. The SMILES string of the molecule is COCCN(C1CC1)C(CCN)C(=O)O. The highest BCUT2D eigenvalue weighted by atomic mass is 16.5. The van der Waals surface area contributed by atoms with Crippen molar-refractivity contribution in [3.8, 4) is 0 Å². The molecule has 1 aliphatic rings. The molecule has 1 unspecified atom stereocenters. The molecule has 88 valence electrons. The molecule has 1 atom stereocenters. The Hall–Kier alpha value is -0.650. The molecule has 0 amide bonds. The Bertz CT molecular complexity index is 207. The van der Waals surface area contributed by atoms with E-state index in [-0.39, 0.29) is 0 Å². The van der Waals surface area contributed by atoms with Crippen LogP contribution in [-0.4, -0.2) is 54.9 Å². The van der Waals surface area contributed by atoms with Crippen LogP contribution in [0, 0.1) is 0 Å². The Morgan fingerprint density at radius 1 is 1.67 bits per heavy atom. The van der Waals surface area contributed by atoms with Crippen LogP contribution in [0.1, 0.15) is 19.3 Å². The van der Waals surface area contributed by atoms with Crippen LogP contribution < -0.4 is 5.73 Å². The molecular weight excluding hydrogens is 196 g/mol. The van der Waals surface area contributed by atoms with Gasteiger partial charge in [-0.3, -0.25) is 9.69 Å². The summed E-state index contributed by atoms with van der Waals surface area (Å²) in [4.78, 5) is 13.1. The molecule has 0 saturated heterocycles. The van der Waals surface area contributed by atoms with Crippen LogP contribution in [0.25, 0.3) is 0 Å². The second-order valence-electron chi connectivity index (χ2n) is 3.89. The van der Waals surface area contributed by atoms with Gasteiger partial charge in [0.1, 0.15) is 6.04 Å². The van der Waals surface area contributed by atoms with E-state index in [9.17, 15) is 4.79 Å². The number of aliphatic carboxylic acids is 1. The Morgan fingerprint density at radius 2 is 2.33 bits per heavy atom. The van der Waals surface area contributed by atoms with Gasteiger partial charge in [0.15, 0.2) is 0 Å². The van der Waals surface area contributed by atoms with Gasteiger partial charge in [-0.2, -0.15) is 0 Å². The van der Waals surface area contributed by atoms with Crippen molar-refractivity contribution in [2.24, 2.45) is 5.73 Å². The molecule has 5 nitrogen and oxygen atoms in total. The average molecular weight is 216 g/mol. The van der Waals surface area contributed by atoms with Gasteiger partial charge in [-0.25, -0.2) is 0 Å². The lowest BCUT2D eigenvalue weighted by Gasteiger charge is -2.28. The van der Waals surface area contributed by atoms with Crippen LogP contribution in [0.4, 0.5) is 0 Å². The smallest absolute Gasteiger partial charge is 0.320 e. The minimum Gasteiger partial charge on any atom is -0.480 e. The van der Waals surface area contributed by atoms with E-state index in [1.807, 2.05) is 4.90 Å². The molecule has 3 N–H and O–H groups in total. The van der Waals surface area contributed by atoms with E-state index < -0.39 is 12.0 Å². The standard InChI is InChI=1S/C10H20N2O3/c1-15-7-6-12(8-2-3-8)9(4-5-11)10(13)14/h8-9H,2-7,11H2,1H3,(H,13,14). The Morgan fingerprint density at radius 3 is 2.73 bits per heavy atom. The molecule has 0 radical (unpaired) electrons. The molecule has 0 aromatic heterocycles.